The molecule has 1 saturated heterocycles. The number of hydrogen-bond donors (Lipinski definition) is 3. The minimum absolute atomic E-state index is 0. The molecule has 2 rings (SSSR count). The highest BCUT2D eigenvalue weighted by molar-refractivity contribution is 14.0. The van der Waals surface area contributed by atoms with Crippen LogP contribution in [0, 0.1) is 6.92 Å². The van der Waals surface area contributed by atoms with Crippen LogP contribution in [-0.2, 0) is 0 Å². The van der Waals surface area contributed by atoms with Crippen molar-refractivity contribution < 1.29 is 4.79 Å². The van der Waals surface area contributed by atoms with Gasteiger partial charge in [0.1, 0.15) is 4.88 Å². The summed E-state index contributed by atoms with van der Waals surface area (Å²) in [7, 11) is 1.76. The number of nitrogens with zero attached hydrogens (tertiary/aromatic N) is 3. The van der Waals surface area contributed by atoms with Gasteiger partial charge in [-0.2, -0.15) is 0 Å². The van der Waals surface area contributed by atoms with Crippen molar-refractivity contribution in [2.24, 2.45) is 4.99 Å². The molecule has 3 N–H and O–H groups in total. The van der Waals surface area contributed by atoms with Gasteiger partial charge in [0.25, 0.3) is 5.91 Å². The van der Waals surface area contributed by atoms with E-state index in [0.717, 1.165) is 24.7 Å². The molecular formula is C16H29IN6OS. The molecule has 0 aliphatic carbocycles. The Balaban J connectivity index is 0.00000312. The van der Waals surface area contributed by atoms with Crippen LogP contribution in [0.2, 0.25) is 0 Å². The fraction of sp³-hybridized carbons (Fsp3) is 0.688. The second-order valence-electron chi connectivity index (χ2n) is 5.85. The number of piperidine rings is 1. The molecular weight excluding hydrogens is 451 g/mol. The molecule has 1 aromatic rings. The Morgan fingerprint density at radius 3 is 2.52 bits per heavy atom. The summed E-state index contributed by atoms with van der Waals surface area (Å²) >= 11 is 1.37. The van der Waals surface area contributed by atoms with Crippen molar-refractivity contribution in [3.05, 3.63) is 16.1 Å². The van der Waals surface area contributed by atoms with Gasteiger partial charge in [-0.3, -0.25) is 9.79 Å². The minimum Gasteiger partial charge on any atom is -0.355 e. The van der Waals surface area contributed by atoms with Crippen LogP contribution >= 0.6 is 35.3 Å². The maximum atomic E-state index is 12.0. The van der Waals surface area contributed by atoms with E-state index in [0.29, 0.717) is 18.0 Å². The van der Waals surface area contributed by atoms with Gasteiger partial charge in [0.2, 0.25) is 0 Å². The number of halogens is 1. The molecule has 2 heterocycles. The molecule has 142 valence electrons. The standard InChI is InChI=1S/C16H28N6OS.HI/c1-13-14(24-12-21-13)15(23)18-6-7-19-16(17-2)20-8-11-22-9-4-3-5-10-22;/h12H,3-11H2,1-2H3,(H,18,23)(H2,17,19,20);1H. The maximum absolute atomic E-state index is 12.0. The number of carbonyl (C=O) groups is 1. The number of rotatable bonds is 7. The van der Waals surface area contributed by atoms with Crippen molar-refractivity contribution in [1.29, 1.82) is 0 Å². The fourth-order valence-electron chi connectivity index (χ4n) is 2.69. The molecule has 1 aliphatic rings. The van der Waals surface area contributed by atoms with E-state index in [4.69, 9.17) is 0 Å². The number of hydrogen-bond acceptors (Lipinski definition) is 5. The van der Waals surface area contributed by atoms with Crippen molar-refractivity contribution in [3.63, 3.8) is 0 Å². The lowest BCUT2D eigenvalue weighted by molar-refractivity contribution is 0.0957. The molecule has 25 heavy (non-hydrogen) atoms. The number of nitrogens with one attached hydrogen (secondary N) is 3. The lowest BCUT2D eigenvalue weighted by Crippen LogP contribution is -2.44. The van der Waals surface area contributed by atoms with Crippen LogP contribution in [0.5, 0.6) is 0 Å². The summed E-state index contributed by atoms with van der Waals surface area (Å²) in [4.78, 5) is 23.4. The maximum Gasteiger partial charge on any atom is 0.263 e. The van der Waals surface area contributed by atoms with Gasteiger partial charge in [0.05, 0.1) is 11.2 Å². The normalized spacial score (nSPS) is 15.4. The number of amides is 1. The molecule has 0 aromatic carbocycles. The van der Waals surface area contributed by atoms with E-state index >= 15 is 0 Å². The molecule has 0 saturated carbocycles. The second kappa shape index (κ2) is 12.4. The summed E-state index contributed by atoms with van der Waals surface area (Å²) in [6.45, 7) is 7.36. The van der Waals surface area contributed by atoms with Crippen molar-refractivity contribution in [1.82, 2.24) is 25.8 Å². The summed E-state index contributed by atoms with van der Waals surface area (Å²) in [5.41, 5.74) is 2.47. The van der Waals surface area contributed by atoms with E-state index in [1.54, 1.807) is 12.6 Å². The Kier molecular flexibility index (Phi) is 11.0. The van der Waals surface area contributed by atoms with Crippen LogP contribution in [0.25, 0.3) is 0 Å². The lowest BCUT2D eigenvalue weighted by atomic mass is 10.1. The molecule has 1 aromatic heterocycles. The molecule has 0 radical (unpaired) electrons. The van der Waals surface area contributed by atoms with Crippen molar-refractivity contribution >= 4 is 47.2 Å². The third-order valence-electron chi connectivity index (χ3n) is 4.05. The Labute approximate surface area is 171 Å². The summed E-state index contributed by atoms with van der Waals surface area (Å²) in [5, 5.41) is 9.43. The van der Waals surface area contributed by atoms with E-state index in [1.807, 2.05) is 6.92 Å². The van der Waals surface area contributed by atoms with E-state index in [9.17, 15) is 4.79 Å². The van der Waals surface area contributed by atoms with Crippen LogP contribution in [0.15, 0.2) is 10.5 Å². The third-order valence-corrected chi connectivity index (χ3v) is 4.97. The van der Waals surface area contributed by atoms with Gasteiger partial charge in [0.15, 0.2) is 5.96 Å². The first-order valence-corrected chi connectivity index (χ1v) is 9.44. The Morgan fingerprint density at radius 1 is 1.20 bits per heavy atom. The van der Waals surface area contributed by atoms with Gasteiger partial charge in [-0.05, 0) is 32.9 Å². The smallest absolute Gasteiger partial charge is 0.263 e. The Bertz CT molecular complexity index is 544. The van der Waals surface area contributed by atoms with Gasteiger partial charge in [0, 0.05) is 33.2 Å². The SMILES string of the molecule is CN=C(NCCNC(=O)c1scnc1C)NCCN1CCCCC1.I. The topological polar surface area (TPSA) is 81.6 Å². The van der Waals surface area contributed by atoms with Crippen LogP contribution in [0.3, 0.4) is 0 Å². The molecule has 1 amide bonds. The molecule has 0 bridgehead atoms. The van der Waals surface area contributed by atoms with Gasteiger partial charge >= 0.3 is 0 Å². The summed E-state index contributed by atoms with van der Waals surface area (Å²) in [6, 6.07) is 0. The number of carbonyl (C=O) groups excluding carboxylic acids is 1. The first-order chi connectivity index (χ1) is 11.7. The average Bonchev–Trinajstić information content (AvgIpc) is 3.04. The predicted octanol–water partition coefficient (Wildman–Crippen LogP) is 1.45. The zero-order valence-electron chi connectivity index (χ0n) is 15.0. The third kappa shape index (κ3) is 7.87. The molecule has 1 aliphatic heterocycles. The van der Waals surface area contributed by atoms with Gasteiger partial charge < -0.3 is 20.9 Å². The summed E-state index contributed by atoms with van der Waals surface area (Å²) < 4.78 is 0. The quantitative estimate of drug-likeness (QED) is 0.238. The van der Waals surface area contributed by atoms with Gasteiger partial charge in [-0.1, -0.05) is 6.42 Å². The number of aryl methyl sites for hydroxylation is 1. The van der Waals surface area contributed by atoms with Gasteiger partial charge in [-0.25, -0.2) is 4.98 Å². The Hall–Kier alpha value is -0.940. The molecule has 7 nitrogen and oxygen atoms in total. The van der Waals surface area contributed by atoms with Crippen molar-refractivity contribution in [2.45, 2.75) is 26.2 Å². The molecule has 1 fully saturated rings. The highest BCUT2D eigenvalue weighted by atomic mass is 127. The van der Waals surface area contributed by atoms with E-state index < -0.39 is 0 Å². The number of aromatic nitrogens is 1. The fourth-order valence-corrected chi connectivity index (χ4v) is 3.41. The lowest BCUT2D eigenvalue weighted by Gasteiger charge is -2.26. The number of aliphatic imine (C=N–C) groups is 1. The van der Waals surface area contributed by atoms with Crippen molar-refractivity contribution in [2.75, 3.05) is 46.3 Å². The highest BCUT2D eigenvalue weighted by Crippen LogP contribution is 2.11. The van der Waals surface area contributed by atoms with Crippen molar-refractivity contribution in [3.8, 4) is 0 Å². The van der Waals surface area contributed by atoms with E-state index in [2.05, 4.69) is 30.8 Å². The zero-order chi connectivity index (χ0) is 17.2. The van der Waals surface area contributed by atoms with E-state index in [1.165, 1.54) is 43.7 Å². The van der Waals surface area contributed by atoms with Crippen LogP contribution in [-0.4, -0.2) is 68.1 Å². The first-order valence-electron chi connectivity index (χ1n) is 8.56. The van der Waals surface area contributed by atoms with Crippen LogP contribution in [0.4, 0.5) is 0 Å². The average molecular weight is 480 g/mol. The number of likely N-dealkylation sites (tertiary alicyclic amines) is 1. The largest absolute Gasteiger partial charge is 0.355 e. The predicted molar refractivity (Wildman–Crippen MR) is 114 cm³/mol. The monoisotopic (exact) mass is 480 g/mol. The summed E-state index contributed by atoms with van der Waals surface area (Å²) in [5.74, 6) is 0.708. The molecule has 0 unspecified atom stereocenters. The second-order valence-corrected chi connectivity index (χ2v) is 6.71. The highest BCUT2D eigenvalue weighted by Gasteiger charge is 2.11. The van der Waals surface area contributed by atoms with Crippen LogP contribution < -0.4 is 16.0 Å². The first kappa shape index (κ1) is 22.1. The van der Waals surface area contributed by atoms with E-state index in [-0.39, 0.29) is 29.9 Å². The Morgan fingerprint density at radius 2 is 1.88 bits per heavy atom. The zero-order valence-corrected chi connectivity index (χ0v) is 18.2. The molecule has 0 spiro atoms. The molecule has 0 atom stereocenters. The summed E-state index contributed by atoms with van der Waals surface area (Å²) in [6.07, 6.45) is 3.98. The molecule has 9 heteroatoms. The van der Waals surface area contributed by atoms with Crippen LogP contribution in [0.1, 0.15) is 34.6 Å². The number of thiazole rings is 1. The minimum atomic E-state index is -0.0650. The van der Waals surface area contributed by atoms with Gasteiger partial charge in [-0.15, -0.1) is 35.3 Å². The number of guanidine groups is 1.